The Labute approximate surface area is 170 Å². The first-order valence-corrected chi connectivity index (χ1v) is 9.50. The van der Waals surface area contributed by atoms with Crippen LogP contribution in [0.3, 0.4) is 0 Å². The second-order valence-corrected chi connectivity index (χ2v) is 7.36. The zero-order valence-electron chi connectivity index (χ0n) is 16.0. The fourth-order valence-corrected chi connectivity index (χ4v) is 3.29. The topological polar surface area (TPSA) is 106 Å². The van der Waals surface area contributed by atoms with Crippen molar-refractivity contribution in [2.45, 2.75) is 32.0 Å². The van der Waals surface area contributed by atoms with Crippen LogP contribution >= 0.6 is 0 Å². The van der Waals surface area contributed by atoms with Gasteiger partial charge in [0.25, 0.3) is 5.91 Å². The van der Waals surface area contributed by atoms with Gasteiger partial charge in [0.05, 0.1) is 18.7 Å². The molecule has 1 aliphatic rings. The summed E-state index contributed by atoms with van der Waals surface area (Å²) in [6.45, 7) is 1.78. The molecule has 8 nitrogen and oxygen atoms in total. The molecule has 2 N–H and O–H groups in total. The molecule has 2 atom stereocenters. The number of benzene rings is 1. The van der Waals surface area contributed by atoms with Crippen molar-refractivity contribution in [3.05, 3.63) is 65.4 Å². The summed E-state index contributed by atoms with van der Waals surface area (Å²) in [5, 5.41) is 16.1. The van der Waals surface area contributed by atoms with Crippen LogP contribution in [0.4, 0.5) is 10.1 Å². The second-order valence-electron chi connectivity index (χ2n) is 7.36. The Kier molecular flexibility index (Phi) is 4.32. The molecular weight excluding hydrogens is 389 g/mol. The Morgan fingerprint density at radius 1 is 1.37 bits per heavy atom. The molecule has 4 aromatic rings. The summed E-state index contributed by atoms with van der Waals surface area (Å²) in [6, 6.07) is 8.88. The predicted octanol–water partition coefficient (Wildman–Crippen LogP) is 3.26. The van der Waals surface area contributed by atoms with Crippen LogP contribution in [0.15, 0.2) is 47.2 Å². The van der Waals surface area contributed by atoms with Crippen molar-refractivity contribution in [3.8, 4) is 11.4 Å². The lowest BCUT2D eigenvalue weighted by Gasteiger charge is -2.09. The van der Waals surface area contributed by atoms with E-state index >= 15 is 0 Å². The summed E-state index contributed by atoms with van der Waals surface area (Å²) in [5.41, 5.74) is 3.77. The minimum atomic E-state index is -0.912. The Bertz CT molecular complexity index is 1260. The minimum absolute atomic E-state index is 0.0958. The van der Waals surface area contributed by atoms with Gasteiger partial charge in [-0.05, 0) is 42.7 Å². The maximum atomic E-state index is 13.2. The fourth-order valence-electron chi connectivity index (χ4n) is 3.29. The number of hydrogen-bond acceptors (Lipinski definition) is 6. The molecule has 0 spiro atoms. The van der Waals surface area contributed by atoms with Crippen LogP contribution in [0.25, 0.3) is 17.0 Å². The van der Waals surface area contributed by atoms with E-state index in [1.54, 1.807) is 28.8 Å². The predicted molar refractivity (Wildman–Crippen MR) is 106 cm³/mol. The molecule has 0 radical (unpaired) electrons. The number of imidazole rings is 1. The van der Waals surface area contributed by atoms with Crippen LogP contribution in [0, 0.1) is 6.92 Å². The largest absolute Gasteiger partial charge is 0.392 e. The quantitative estimate of drug-likeness (QED) is 0.526. The van der Waals surface area contributed by atoms with Crippen LogP contribution < -0.4 is 5.32 Å². The Hall–Kier alpha value is -3.59. The molecule has 5 rings (SSSR count). The van der Waals surface area contributed by atoms with Crippen molar-refractivity contribution < 1.29 is 18.8 Å². The molecule has 1 aromatic carbocycles. The zero-order valence-corrected chi connectivity index (χ0v) is 16.0. The number of nitrogens with zero attached hydrogens (tertiary/aromatic N) is 4. The standard InChI is InChI=1S/C21H18FN5O3/c1-11-2-3-13(19-25-21(30-26-19)14-8-15(14)22)7-16(11)24-20(29)17-9-23-18-6-12(10-28)4-5-27(17)18/h2-7,9,14-15,28H,8,10H2,1H3,(H,24,29)/t14-,15+/m0/s1. The number of amides is 1. The van der Waals surface area contributed by atoms with Crippen molar-refractivity contribution in [2.24, 2.45) is 0 Å². The molecule has 1 aliphatic carbocycles. The van der Waals surface area contributed by atoms with Crippen molar-refractivity contribution in [1.82, 2.24) is 19.5 Å². The average molecular weight is 407 g/mol. The molecule has 1 amide bonds. The van der Waals surface area contributed by atoms with Gasteiger partial charge in [-0.3, -0.25) is 9.20 Å². The van der Waals surface area contributed by atoms with Gasteiger partial charge < -0.3 is 14.9 Å². The van der Waals surface area contributed by atoms with E-state index in [-0.39, 0.29) is 18.4 Å². The number of aromatic nitrogens is 4. The van der Waals surface area contributed by atoms with Gasteiger partial charge in [-0.25, -0.2) is 9.37 Å². The molecule has 0 saturated heterocycles. The summed E-state index contributed by atoms with van der Waals surface area (Å²) >= 11 is 0. The summed E-state index contributed by atoms with van der Waals surface area (Å²) < 4.78 is 20.1. The number of rotatable bonds is 5. The van der Waals surface area contributed by atoms with Crippen molar-refractivity contribution in [2.75, 3.05) is 5.32 Å². The van der Waals surface area contributed by atoms with Crippen LogP contribution in [-0.4, -0.2) is 36.7 Å². The molecule has 152 valence electrons. The number of halogens is 1. The Morgan fingerprint density at radius 3 is 2.97 bits per heavy atom. The average Bonchev–Trinajstić information content (AvgIpc) is 3.15. The number of aliphatic hydroxyl groups excluding tert-OH is 1. The molecule has 30 heavy (non-hydrogen) atoms. The number of aryl methyl sites for hydroxylation is 1. The molecular formula is C21H18FN5O3. The normalized spacial score (nSPS) is 18.0. The highest BCUT2D eigenvalue weighted by molar-refractivity contribution is 6.04. The lowest BCUT2D eigenvalue weighted by atomic mass is 10.1. The third-order valence-corrected chi connectivity index (χ3v) is 5.21. The molecule has 3 aromatic heterocycles. The number of fused-ring (bicyclic) bond motifs is 1. The Morgan fingerprint density at radius 2 is 2.20 bits per heavy atom. The summed E-state index contributed by atoms with van der Waals surface area (Å²) in [6.07, 6.45) is 2.68. The fraction of sp³-hybridized carbons (Fsp3) is 0.238. The third kappa shape index (κ3) is 3.22. The van der Waals surface area contributed by atoms with E-state index in [1.807, 2.05) is 19.1 Å². The smallest absolute Gasteiger partial charge is 0.274 e. The van der Waals surface area contributed by atoms with E-state index in [0.29, 0.717) is 46.3 Å². The van der Waals surface area contributed by atoms with Crippen molar-refractivity contribution in [1.29, 1.82) is 0 Å². The SMILES string of the molecule is Cc1ccc(-c2noc([C@H]3C[C@H]3F)n2)cc1NC(=O)c1cnc2cc(CO)ccn12. The zero-order chi connectivity index (χ0) is 20.8. The molecule has 1 saturated carbocycles. The van der Waals surface area contributed by atoms with E-state index in [4.69, 9.17) is 4.52 Å². The number of aliphatic hydroxyl groups is 1. The number of alkyl halides is 1. The second kappa shape index (κ2) is 7.03. The lowest BCUT2D eigenvalue weighted by Crippen LogP contribution is -2.15. The number of nitrogens with one attached hydrogen (secondary N) is 1. The van der Waals surface area contributed by atoms with Crippen LogP contribution in [-0.2, 0) is 6.61 Å². The van der Waals surface area contributed by atoms with Crippen LogP contribution in [0.5, 0.6) is 0 Å². The van der Waals surface area contributed by atoms with Gasteiger partial charge >= 0.3 is 0 Å². The highest BCUT2D eigenvalue weighted by Gasteiger charge is 2.43. The van der Waals surface area contributed by atoms with Gasteiger partial charge in [0, 0.05) is 17.4 Å². The molecule has 0 aliphatic heterocycles. The number of carbonyl (C=O) groups is 1. The number of anilines is 1. The summed E-state index contributed by atoms with van der Waals surface area (Å²) in [5.74, 6) is 0.0199. The van der Waals surface area contributed by atoms with Gasteiger partial charge in [-0.15, -0.1) is 0 Å². The summed E-state index contributed by atoms with van der Waals surface area (Å²) in [7, 11) is 0. The number of hydrogen-bond donors (Lipinski definition) is 2. The maximum Gasteiger partial charge on any atom is 0.274 e. The van der Waals surface area contributed by atoms with E-state index in [2.05, 4.69) is 20.4 Å². The first-order chi connectivity index (χ1) is 14.5. The molecule has 0 bridgehead atoms. The third-order valence-electron chi connectivity index (χ3n) is 5.21. The van der Waals surface area contributed by atoms with Gasteiger partial charge in [0.2, 0.25) is 11.7 Å². The molecule has 0 unspecified atom stereocenters. The van der Waals surface area contributed by atoms with Gasteiger partial charge in [0.1, 0.15) is 17.5 Å². The van der Waals surface area contributed by atoms with Crippen LogP contribution in [0.2, 0.25) is 0 Å². The molecule has 3 heterocycles. The number of pyridine rings is 1. The monoisotopic (exact) mass is 407 g/mol. The van der Waals surface area contributed by atoms with Crippen molar-refractivity contribution in [3.63, 3.8) is 0 Å². The van der Waals surface area contributed by atoms with E-state index in [0.717, 1.165) is 5.56 Å². The Balaban J connectivity index is 1.41. The maximum absolute atomic E-state index is 13.2. The molecule has 1 fully saturated rings. The van der Waals surface area contributed by atoms with Crippen molar-refractivity contribution >= 4 is 17.2 Å². The first kappa shape index (κ1) is 18.4. The molecule has 9 heteroatoms. The van der Waals surface area contributed by atoms with Gasteiger partial charge in [-0.1, -0.05) is 17.3 Å². The number of carbonyl (C=O) groups excluding carboxylic acids is 1. The van der Waals surface area contributed by atoms with E-state index in [9.17, 15) is 14.3 Å². The van der Waals surface area contributed by atoms with Crippen LogP contribution in [0.1, 0.15) is 39.8 Å². The summed E-state index contributed by atoms with van der Waals surface area (Å²) in [4.78, 5) is 21.4. The van der Waals surface area contributed by atoms with Gasteiger partial charge in [-0.2, -0.15) is 4.98 Å². The lowest BCUT2D eigenvalue weighted by molar-refractivity contribution is 0.102. The van der Waals surface area contributed by atoms with E-state index in [1.165, 1.54) is 6.20 Å². The highest BCUT2D eigenvalue weighted by Crippen LogP contribution is 2.43. The van der Waals surface area contributed by atoms with E-state index < -0.39 is 6.17 Å². The van der Waals surface area contributed by atoms with Gasteiger partial charge in [0.15, 0.2) is 0 Å². The minimum Gasteiger partial charge on any atom is -0.392 e. The first-order valence-electron chi connectivity index (χ1n) is 9.50. The highest BCUT2D eigenvalue weighted by atomic mass is 19.1.